The monoisotopic (exact) mass is 310 g/mol. The number of fused-ring (bicyclic) bond motifs is 1. The fourth-order valence-corrected chi connectivity index (χ4v) is 3.58. The molecule has 1 heterocycles. The molecule has 0 spiro atoms. The minimum Gasteiger partial charge on any atom is -0.370 e. The van der Waals surface area contributed by atoms with Gasteiger partial charge in [0.15, 0.2) is 0 Å². The first-order chi connectivity index (χ1) is 9.99. The molecule has 0 saturated heterocycles. The van der Waals surface area contributed by atoms with Crippen LogP contribution in [0, 0.1) is 0 Å². The average Bonchev–Trinajstić information content (AvgIpc) is 2.59. The Morgan fingerprint density at radius 3 is 2.81 bits per heavy atom. The Kier molecular flexibility index (Phi) is 5.65. The van der Waals surface area contributed by atoms with Crippen molar-refractivity contribution in [2.75, 3.05) is 30.0 Å². The lowest BCUT2D eigenvalue weighted by Crippen LogP contribution is -2.38. The maximum atomic E-state index is 11.3. The van der Waals surface area contributed by atoms with Crippen LogP contribution in [0.15, 0.2) is 24.3 Å². The standard InChI is InChI=1S/C16H26N2O2S/c1-3-7-15-13-18(10-6-11-21(2,19)20)16-9-5-4-8-14(16)12-17-15/h4-5,8-9,15,17H,3,6-7,10-13H2,1-2H3. The van der Waals surface area contributed by atoms with Gasteiger partial charge in [-0.1, -0.05) is 31.5 Å². The molecule has 21 heavy (non-hydrogen) atoms. The van der Waals surface area contributed by atoms with Crippen LogP contribution in [0.5, 0.6) is 0 Å². The second-order valence-corrected chi connectivity index (χ2v) is 8.18. The van der Waals surface area contributed by atoms with Crippen LogP contribution < -0.4 is 10.2 Å². The first kappa shape index (κ1) is 16.3. The summed E-state index contributed by atoms with van der Waals surface area (Å²) in [4.78, 5) is 2.35. The van der Waals surface area contributed by atoms with Crippen molar-refractivity contribution in [1.82, 2.24) is 5.32 Å². The summed E-state index contributed by atoms with van der Waals surface area (Å²) in [5, 5.41) is 3.62. The van der Waals surface area contributed by atoms with E-state index < -0.39 is 9.84 Å². The number of anilines is 1. The zero-order chi connectivity index (χ0) is 15.3. The second kappa shape index (κ2) is 7.27. The predicted octanol–water partition coefficient (Wildman–Crippen LogP) is 2.20. The van der Waals surface area contributed by atoms with E-state index in [1.54, 1.807) is 0 Å². The predicted molar refractivity (Wildman–Crippen MR) is 88.5 cm³/mol. The molecular weight excluding hydrogens is 284 g/mol. The van der Waals surface area contributed by atoms with Crippen molar-refractivity contribution in [2.45, 2.75) is 38.8 Å². The van der Waals surface area contributed by atoms with Gasteiger partial charge in [0.05, 0.1) is 5.75 Å². The van der Waals surface area contributed by atoms with E-state index in [-0.39, 0.29) is 5.75 Å². The summed E-state index contributed by atoms with van der Waals surface area (Å²) in [7, 11) is -2.88. The van der Waals surface area contributed by atoms with Crippen LogP contribution in [0.2, 0.25) is 0 Å². The van der Waals surface area contributed by atoms with Crippen LogP contribution in [-0.2, 0) is 16.4 Å². The third-order valence-electron chi connectivity index (χ3n) is 3.93. The molecule has 0 radical (unpaired) electrons. The number of hydrogen-bond donors (Lipinski definition) is 1. The van der Waals surface area contributed by atoms with Gasteiger partial charge in [-0.2, -0.15) is 0 Å². The topological polar surface area (TPSA) is 49.4 Å². The Labute approximate surface area is 128 Å². The van der Waals surface area contributed by atoms with E-state index in [9.17, 15) is 8.42 Å². The summed E-state index contributed by atoms with van der Waals surface area (Å²) in [6, 6.07) is 8.89. The number of rotatable bonds is 6. The van der Waals surface area contributed by atoms with Gasteiger partial charge in [-0.3, -0.25) is 0 Å². The fraction of sp³-hybridized carbons (Fsp3) is 0.625. The minimum atomic E-state index is -2.88. The van der Waals surface area contributed by atoms with E-state index in [1.165, 1.54) is 17.5 Å². The highest BCUT2D eigenvalue weighted by Crippen LogP contribution is 2.24. The normalized spacial score (nSPS) is 19.1. The number of nitrogens with zero attached hydrogens (tertiary/aromatic N) is 1. The number of benzene rings is 1. The van der Waals surface area contributed by atoms with Crippen molar-refractivity contribution in [1.29, 1.82) is 0 Å². The van der Waals surface area contributed by atoms with Gasteiger partial charge in [-0.15, -0.1) is 0 Å². The summed E-state index contributed by atoms with van der Waals surface area (Å²) in [6.07, 6.45) is 4.30. The zero-order valence-electron chi connectivity index (χ0n) is 13.0. The van der Waals surface area contributed by atoms with E-state index in [2.05, 4.69) is 41.4 Å². The van der Waals surface area contributed by atoms with Gasteiger partial charge in [-0.25, -0.2) is 8.42 Å². The quantitative estimate of drug-likeness (QED) is 0.875. The van der Waals surface area contributed by atoms with Crippen LogP contribution in [0.25, 0.3) is 0 Å². The highest BCUT2D eigenvalue weighted by molar-refractivity contribution is 7.90. The summed E-state index contributed by atoms with van der Waals surface area (Å²) < 4.78 is 22.6. The van der Waals surface area contributed by atoms with Crippen molar-refractivity contribution in [2.24, 2.45) is 0 Å². The van der Waals surface area contributed by atoms with Crippen LogP contribution in [-0.4, -0.2) is 39.6 Å². The minimum absolute atomic E-state index is 0.261. The summed E-state index contributed by atoms with van der Waals surface area (Å²) in [6.45, 7) is 4.84. The lowest BCUT2D eigenvalue weighted by atomic mass is 10.1. The Bertz CT molecular complexity index is 557. The van der Waals surface area contributed by atoms with Gasteiger partial charge in [-0.05, 0) is 24.5 Å². The Morgan fingerprint density at radius 2 is 2.10 bits per heavy atom. The van der Waals surface area contributed by atoms with Gasteiger partial charge < -0.3 is 10.2 Å². The lowest BCUT2D eigenvalue weighted by Gasteiger charge is -2.27. The molecule has 0 amide bonds. The molecule has 1 N–H and O–H groups in total. The first-order valence-corrected chi connectivity index (χ1v) is 9.79. The molecule has 1 aliphatic heterocycles. The summed E-state index contributed by atoms with van der Waals surface area (Å²) in [5.74, 6) is 0.261. The van der Waals surface area contributed by atoms with Crippen molar-refractivity contribution in [3.05, 3.63) is 29.8 Å². The highest BCUT2D eigenvalue weighted by atomic mass is 32.2. The van der Waals surface area contributed by atoms with E-state index in [4.69, 9.17) is 0 Å². The maximum absolute atomic E-state index is 11.3. The largest absolute Gasteiger partial charge is 0.370 e. The Hall–Kier alpha value is -1.07. The molecule has 0 aliphatic carbocycles. The molecule has 4 nitrogen and oxygen atoms in total. The highest BCUT2D eigenvalue weighted by Gasteiger charge is 2.20. The van der Waals surface area contributed by atoms with Crippen LogP contribution in [0.3, 0.4) is 0 Å². The number of sulfone groups is 1. The molecular formula is C16H26N2O2S. The van der Waals surface area contributed by atoms with E-state index in [0.717, 1.165) is 32.5 Å². The number of nitrogens with one attached hydrogen (secondary N) is 1. The summed E-state index contributed by atoms with van der Waals surface area (Å²) >= 11 is 0. The number of hydrogen-bond acceptors (Lipinski definition) is 4. The third-order valence-corrected chi connectivity index (χ3v) is 4.96. The van der Waals surface area contributed by atoms with Crippen molar-refractivity contribution in [3.8, 4) is 0 Å². The smallest absolute Gasteiger partial charge is 0.147 e. The van der Waals surface area contributed by atoms with Gasteiger partial charge in [0.2, 0.25) is 0 Å². The van der Waals surface area contributed by atoms with Crippen LogP contribution >= 0.6 is 0 Å². The number of para-hydroxylation sites is 1. The van der Waals surface area contributed by atoms with Gasteiger partial charge >= 0.3 is 0 Å². The molecule has 118 valence electrons. The Balaban J connectivity index is 2.10. The van der Waals surface area contributed by atoms with E-state index in [0.29, 0.717) is 12.5 Å². The average molecular weight is 310 g/mol. The third kappa shape index (κ3) is 5.00. The first-order valence-electron chi connectivity index (χ1n) is 7.73. The maximum Gasteiger partial charge on any atom is 0.147 e. The molecule has 1 aromatic rings. The molecule has 1 atom stereocenters. The molecule has 0 saturated carbocycles. The second-order valence-electron chi connectivity index (χ2n) is 5.92. The molecule has 0 bridgehead atoms. The van der Waals surface area contributed by atoms with Gasteiger partial charge in [0.25, 0.3) is 0 Å². The fourth-order valence-electron chi connectivity index (χ4n) is 2.92. The van der Waals surface area contributed by atoms with Gasteiger partial charge in [0.1, 0.15) is 9.84 Å². The molecule has 0 fully saturated rings. The van der Waals surface area contributed by atoms with Crippen molar-refractivity contribution >= 4 is 15.5 Å². The lowest BCUT2D eigenvalue weighted by molar-refractivity contribution is 0.479. The van der Waals surface area contributed by atoms with Crippen molar-refractivity contribution in [3.63, 3.8) is 0 Å². The summed E-state index contributed by atoms with van der Waals surface area (Å²) in [5.41, 5.74) is 2.55. The zero-order valence-corrected chi connectivity index (χ0v) is 13.8. The molecule has 0 aromatic heterocycles. The molecule has 1 aromatic carbocycles. The van der Waals surface area contributed by atoms with Crippen LogP contribution in [0.4, 0.5) is 5.69 Å². The molecule has 5 heteroatoms. The van der Waals surface area contributed by atoms with E-state index >= 15 is 0 Å². The van der Waals surface area contributed by atoms with E-state index in [1.807, 2.05) is 0 Å². The van der Waals surface area contributed by atoms with Crippen LogP contribution in [0.1, 0.15) is 31.7 Å². The molecule has 1 unspecified atom stereocenters. The molecule has 1 aliphatic rings. The molecule has 2 rings (SSSR count). The van der Waals surface area contributed by atoms with Gasteiger partial charge in [0, 0.05) is 37.6 Å². The Morgan fingerprint density at radius 1 is 1.33 bits per heavy atom. The SMILES string of the molecule is CCCC1CN(CCCS(C)(=O)=O)c2ccccc2CN1. The van der Waals surface area contributed by atoms with Crippen molar-refractivity contribution < 1.29 is 8.42 Å².